The molecule has 20 nitrogen and oxygen atoms in total. The van der Waals surface area contributed by atoms with E-state index in [1.807, 2.05) is 5.32 Å². The smallest absolute Gasteiger partial charge is 0.322 e. The quantitative estimate of drug-likeness (QED) is 0.0589. The molecule has 0 saturated heterocycles. The Morgan fingerprint density at radius 3 is 1.98 bits per heavy atom. The molecule has 0 aliphatic carbocycles. The average molecular weight is 645 g/mol. The predicted molar refractivity (Wildman–Crippen MR) is 152 cm³/mol. The molecule has 0 radical (unpaired) electrons. The van der Waals surface area contributed by atoms with Crippen LogP contribution in [0.5, 0.6) is 0 Å². The van der Waals surface area contributed by atoms with E-state index in [-0.39, 0.29) is 31.6 Å². The molecule has 1 aromatic rings. The lowest BCUT2D eigenvalue weighted by Crippen LogP contribution is -2.59. The number of carboxylic acids is 1. The lowest BCUT2D eigenvalue weighted by Gasteiger charge is -2.24. The first-order valence-electron chi connectivity index (χ1n) is 12.9. The van der Waals surface area contributed by atoms with Gasteiger partial charge in [-0.3, -0.25) is 38.4 Å². The number of rotatable bonds is 20. The number of aliphatic carboxylic acids is 1. The summed E-state index contributed by atoms with van der Waals surface area (Å²) >= 11 is 3.97. The van der Waals surface area contributed by atoms with Crippen molar-refractivity contribution in [3.8, 4) is 0 Å². The van der Waals surface area contributed by atoms with Crippen LogP contribution in [0.3, 0.4) is 0 Å². The van der Waals surface area contributed by atoms with E-state index < -0.39 is 91.2 Å². The van der Waals surface area contributed by atoms with Crippen molar-refractivity contribution in [3.05, 3.63) is 18.2 Å². The first-order chi connectivity index (χ1) is 20.8. The predicted octanol–water partition coefficient (Wildman–Crippen LogP) is -6.65. The van der Waals surface area contributed by atoms with Crippen molar-refractivity contribution in [2.24, 2.45) is 11.5 Å². The summed E-state index contributed by atoms with van der Waals surface area (Å²) in [5.41, 5.74) is 10.8. The van der Waals surface area contributed by atoms with Crippen LogP contribution in [-0.4, -0.2) is 124 Å². The highest BCUT2D eigenvalue weighted by atomic mass is 32.1. The SMILES string of the molecule is NCC(=O)N[C@@H](CS)C(=O)NCC(=O)N[C@@H](CCC(N)=O)C(=O)N[C@@H](Cc1cnc[nH]1)C(=O)N[C@@H](CO)C(=O)NCC(=O)O. The second-order valence-corrected chi connectivity index (χ2v) is 9.41. The number of H-pyrrole nitrogens is 1. The molecule has 4 atom stereocenters. The molecule has 0 aromatic carbocycles. The Morgan fingerprint density at radius 1 is 0.841 bits per heavy atom. The van der Waals surface area contributed by atoms with E-state index in [2.05, 4.69) is 49.2 Å². The third kappa shape index (κ3) is 13.9. The number of primary amides is 1. The van der Waals surface area contributed by atoms with Crippen molar-refractivity contribution in [2.75, 3.05) is 32.0 Å². The Kier molecular flexibility index (Phi) is 16.5. The second kappa shape index (κ2) is 19.4. The first-order valence-corrected chi connectivity index (χ1v) is 13.6. The summed E-state index contributed by atoms with van der Waals surface area (Å²) in [5.74, 6) is -7.49. The van der Waals surface area contributed by atoms with Gasteiger partial charge in [-0.25, -0.2) is 4.98 Å². The van der Waals surface area contributed by atoms with Crippen LogP contribution in [-0.2, 0) is 44.8 Å². The number of aromatic amines is 1. The maximum Gasteiger partial charge on any atom is 0.322 e. The molecule has 44 heavy (non-hydrogen) atoms. The lowest BCUT2D eigenvalue weighted by atomic mass is 10.1. The number of nitrogens with zero attached hydrogens (tertiary/aromatic N) is 1. The monoisotopic (exact) mass is 644 g/mol. The van der Waals surface area contributed by atoms with E-state index in [4.69, 9.17) is 16.6 Å². The molecule has 7 amide bonds. The van der Waals surface area contributed by atoms with Crippen LogP contribution in [0.25, 0.3) is 0 Å². The number of hydrogen-bond donors (Lipinski definition) is 12. The van der Waals surface area contributed by atoms with Crippen molar-refractivity contribution in [1.29, 1.82) is 0 Å². The number of nitrogens with one attached hydrogen (secondary N) is 7. The zero-order chi connectivity index (χ0) is 33.2. The van der Waals surface area contributed by atoms with Gasteiger partial charge in [0.15, 0.2) is 0 Å². The van der Waals surface area contributed by atoms with E-state index in [1.54, 1.807) is 0 Å². The maximum atomic E-state index is 13.2. The molecule has 13 N–H and O–H groups in total. The van der Waals surface area contributed by atoms with E-state index in [0.29, 0.717) is 5.69 Å². The van der Waals surface area contributed by atoms with Gasteiger partial charge >= 0.3 is 5.97 Å². The summed E-state index contributed by atoms with van der Waals surface area (Å²) in [6.45, 7) is -2.72. The number of carbonyl (C=O) groups excluding carboxylic acids is 7. The topological polar surface area (TPSA) is 330 Å². The van der Waals surface area contributed by atoms with Crippen molar-refractivity contribution in [3.63, 3.8) is 0 Å². The molecule has 1 aromatic heterocycles. The summed E-state index contributed by atoms with van der Waals surface area (Å²) < 4.78 is 0. The molecule has 0 saturated carbocycles. The number of thiol groups is 1. The highest BCUT2D eigenvalue weighted by molar-refractivity contribution is 7.80. The number of aliphatic hydroxyl groups is 1. The molecule has 1 heterocycles. The highest BCUT2D eigenvalue weighted by Gasteiger charge is 2.30. The van der Waals surface area contributed by atoms with Crippen LogP contribution < -0.4 is 43.4 Å². The normalized spacial score (nSPS) is 13.2. The van der Waals surface area contributed by atoms with Gasteiger partial charge in [-0.05, 0) is 6.42 Å². The Morgan fingerprint density at radius 2 is 1.43 bits per heavy atom. The number of amides is 7. The van der Waals surface area contributed by atoms with Crippen molar-refractivity contribution >= 4 is 59.9 Å². The van der Waals surface area contributed by atoms with Gasteiger partial charge in [-0.15, -0.1) is 0 Å². The Bertz CT molecular complexity index is 1180. The molecule has 0 aliphatic heterocycles. The van der Waals surface area contributed by atoms with Crippen LogP contribution in [0, 0.1) is 0 Å². The number of hydrogen-bond acceptors (Lipinski definition) is 12. The highest BCUT2D eigenvalue weighted by Crippen LogP contribution is 2.04. The Hall–Kier alpha value is -4.76. The zero-order valence-electron chi connectivity index (χ0n) is 23.3. The van der Waals surface area contributed by atoms with Crippen molar-refractivity contribution in [1.82, 2.24) is 41.9 Å². The molecule has 0 unspecified atom stereocenters. The Balaban J connectivity index is 3.02. The second-order valence-electron chi connectivity index (χ2n) is 9.05. The molecule has 244 valence electrons. The van der Waals surface area contributed by atoms with Gasteiger partial charge in [-0.2, -0.15) is 12.6 Å². The van der Waals surface area contributed by atoms with Crippen LogP contribution in [0.4, 0.5) is 0 Å². The number of aromatic nitrogens is 2. The largest absolute Gasteiger partial charge is 0.480 e. The summed E-state index contributed by atoms with van der Waals surface area (Å²) in [4.78, 5) is 104. The van der Waals surface area contributed by atoms with E-state index in [1.165, 1.54) is 12.5 Å². The van der Waals surface area contributed by atoms with Crippen LogP contribution in [0.2, 0.25) is 0 Å². The van der Waals surface area contributed by atoms with Gasteiger partial charge < -0.3 is 58.6 Å². The number of carbonyl (C=O) groups is 8. The molecule has 0 spiro atoms. The fourth-order valence-corrected chi connectivity index (χ4v) is 3.65. The summed E-state index contributed by atoms with van der Waals surface area (Å²) in [6, 6.07) is -5.55. The Labute approximate surface area is 255 Å². The maximum absolute atomic E-state index is 13.2. The fourth-order valence-electron chi connectivity index (χ4n) is 3.39. The lowest BCUT2D eigenvalue weighted by molar-refractivity contribution is -0.139. The minimum atomic E-state index is -1.58. The fraction of sp³-hybridized carbons (Fsp3) is 0.522. The molecule has 1 rings (SSSR count). The van der Waals surface area contributed by atoms with Crippen molar-refractivity contribution < 1.29 is 48.6 Å². The minimum Gasteiger partial charge on any atom is -0.480 e. The summed E-state index contributed by atoms with van der Waals surface area (Å²) in [7, 11) is 0. The van der Waals surface area contributed by atoms with Gasteiger partial charge in [0.1, 0.15) is 30.7 Å². The molecule has 0 aliphatic rings. The van der Waals surface area contributed by atoms with E-state index >= 15 is 0 Å². The van der Waals surface area contributed by atoms with Gasteiger partial charge in [0.05, 0.1) is 26.0 Å². The minimum absolute atomic E-state index is 0.110. The van der Waals surface area contributed by atoms with E-state index in [0.717, 1.165) is 0 Å². The summed E-state index contributed by atoms with van der Waals surface area (Å²) in [5, 5.41) is 31.8. The average Bonchev–Trinajstić information content (AvgIpc) is 3.50. The standard InChI is InChI=1S/C23H36N10O10S/c24-4-17(36)31-15(9-44)21(41)27-6-18(37)30-12(1-2-16(25)35)22(42)32-13(3-11-5-26-10-29-11)23(43)33-14(8-34)20(40)28-7-19(38)39/h5,10,12-15,34,44H,1-4,6-9,24H2,(H2,25,35)(H,26,29)(H,27,41)(H,28,40)(H,30,37)(H,31,36)(H,32,42)(H,33,43)(H,38,39)/t12-,13-,14-,15-/m0/s1. The van der Waals surface area contributed by atoms with Gasteiger partial charge in [0, 0.05) is 30.5 Å². The van der Waals surface area contributed by atoms with Crippen LogP contribution >= 0.6 is 12.6 Å². The van der Waals surface area contributed by atoms with E-state index in [9.17, 15) is 43.5 Å². The molecule has 0 fully saturated rings. The zero-order valence-corrected chi connectivity index (χ0v) is 24.2. The van der Waals surface area contributed by atoms with Crippen LogP contribution in [0.1, 0.15) is 18.5 Å². The molecule has 0 bridgehead atoms. The van der Waals surface area contributed by atoms with Gasteiger partial charge in [0.2, 0.25) is 41.4 Å². The number of nitrogens with two attached hydrogens (primary N) is 2. The third-order valence-corrected chi connectivity index (χ3v) is 5.98. The van der Waals surface area contributed by atoms with Gasteiger partial charge in [0.25, 0.3) is 0 Å². The first kappa shape index (κ1) is 37.3. The molecular weight excluding hydrogens is 608 g/mol. The van der Waals surface area contributed by atoms with Gasteiger partial charge in [-0.1, -0.05) is 0 Å². The number of aliphatic hydroxyl groups excluding tert-OH is 1. The summed E-state index contributed by atoms with van der Waals surface area (Å²) in [6.07, 6.45) is 1.77. The van der Waals surface area contributed by atoms with Crippen molar-refractivity contribution in [2.45, 2.75) is 43.4 Å². The number of imidazole rings is 1. The number of carboxylic acid groups (broad SMARTS) is 1. The third-order valence-electron chi connectivity index (χ3n) is 5.62. The van der Waals surface area contributed by atoms with Crippen LogP contribution in [0.15, 0.2) is 12.5 Å². The molecular formula is C23H36N10O10S. The molecule has 21 heteroatoms.